The number of methoxy groups -OCH3 is 1. The van der Waals surface area contributed by atoms with E-state index in [1.807, 2.05) is 6.07 Å². The second-order valence-corrected chi connectivity index (χ2v) is 4.90. The summed E-state index contributed by atoms with van der Waals surface area (Å²) in [6, 6.07) is 3.54. The van der Waals surface area contributed by atoms with E-state index < -0.39 is 11.6 Å². The van der Waals surface area contributed by atoms with Gasteiger partial charge >= 0.3 is 0 Å². The van der Waals surface area contributed by atoms with Crippen LogP contribution in [-0.4, -0.2) is 38.8 Å². The first-order valence-electron chi connectivity index (χ1n) is 6.65. The highest BCUT2D eigenvalue weighted by atomic mass is 16.5. The zero-order chi connectivity index (χ0) is 15.9. The Morgan fingerprint density at radius 2 is 2.05 bits per heavy atom. The number of hydrogen-bond donors (Lipinski definition) is 2. The van der Waals surface area contributed by atoms with Crippen molar-refractivity contribution >= 4 is 22.5 Å². The van der Waals surface area contributed by atoms with Gasteiger partial charge in [-0.15, -0.1) is 0 Å². The Kier molecular flexibility index (Phi) is 3.25. The molecule has 7 heteroatoms. The molecule has 0 saturated carbocycles. The SMILES string of the molecule is COc1ccc(-c2n[nH]c(C)n2)c2[nH]cc(C(=O)C(C)=O)c12. The number of Topliss-reactive ketones (excluding diaryl/α,β-unsaturated/α-hetero) is 2. The lowest BCUT2D eigenvalue weighted by Crippen LogP contribution is -2.09. The number of nitrogens with one attached hydrogen (secondary N) is 2. The van der Waals surface area contributed by atoms with Crippen LogP contribution in [0.4, 0.5) is 0 Å². The molecule has 0 amide bonds. The smallest absolute Gasteiger partial charge is 0.230 e. The number of H-pyrrole nitrogens is 2. The molecule has 1 aromatic carbocycles. The molecule has 2 heterocycles. The normalized spacial score (nSPS) is 10.9. The van der Waals surface area contributed by atoms with Crippen LogP contribution in [0.5, 0.6) is 5.75 Å². The van der Waals surface area contributed by atoms with E-state index in [4.69, 9.17) is 4.74 Å². The molecular formula is C15H14N4O3. The summed E-state index contributed by atoms with van der Waals surface area (Å²) in [4.78, 5) is 30.8. The van der Waals surface area contributed by atoms with Crippen molar-refractivity contribution in [2.75, 3.05) is 7.11 Å². The summed E-state index contributed by atoms with van der Waals surface area (Å²) >= 11 is 0. The van der Waals surface area contributed by atoms with Crippen molar-refractivity contribution < 1.29 is 14.3 Å². The lowest BCUT2D eigenvalue weighted by atomic mass is 10.0. The van der Waals surface area contributed by atoms with Crippen LogP contribution in [0, 0.1) is 6.92 Å². The molecule has 0 spiro atoms. The first-order chi connectivity index (χ1) is 10.5. The van der Waals surface area contributed by atoms with Crippen molar-refractivity contribution in [1.29, 1.82) is 0 Å². The zero-order valence-corrected chi connectivity index (χ0v) is 12.4. The number of carbonyl (C=O) groups is 2. The number of hydrogen-bond acceptors (Lipinski definition) is 5. The van der Waals surface area contributed by atoms with Gasteiger partial charge in [0, 0.05) is 18.7 Å². The minimum Gasteiger partial charge on any atom is -0.496 e. The van der Waals surface area contributed by atoms with Crippen molar-refractivity contribution in [3.8, 4) is 17.1 Å². The predicted octanol–water partition coefficient (Wildman–Crippen LogP) is 2.04. The summed E-state index contributed by atoms with van der Waals surface area (Å²) in [6.07, 6.45) is 1.51. The maximum atomic E-state index is 12.1. The van der Waals surface area contributed by atoms with Gasteiger partial charge in [0.2, 0.25) is 5.78 Å². The highest BCUT2D eigenvalue weighted by Crippen LogP contribution is 2.35. The van der Waals surface area contributed by atoms with Gasteiger partial charge in [-0.25, -0.2) is 4.98 Å². The number of ketones is 2. The van der Waals surface area contributed by atoms with Crippen molar-refractivity contribution in [1.82, 2.24) is 20.2 Å². The van der Waals surface area contributed by atoms with Crippen LogP contribution in [-0.2, 0) is 4.79 Å². The number of carbonyl (C=O) groups excluding carboxylic acids is 2. The van der Waals surface area contributed by atoms with Gasteiger partial charge in [0.1, 0.15) is 11.6 Å². The molecule has 0 atom stereocenters. The molecule has 0 fully saturated rings. The number of nitrogens with zero attached hydrogens (tertiary/aromatic N) is 2. The van der Waals surface area contributed by atoms with Gasteiger partial charge in [-0.2, -0.15) is 5.10 Å². The second kappa shape index (κ2) is 5.10. The molecule has 3 rings (SSSR count). The summed E-state index contributed by atoms with van der Waals surface area (Å²) in [7, 11) is 1.51. The number of rotatable bonds is 4. The van der Waals surface area contributed by atoms with Crippen molar-refractivity contribution in [3.63, 3.8) is 0 Å². The standard InChI is InChI=1S/C15H14N4O3/c1-7(20)14(21)10-6-16-13-9(15-17-8(2)18-19-15)4-5-11(22-3)12(10)13/h4-6,16H,1-3H3,(H,17,18,19). The van der Waals surface area contributed by atoms with Gasteiger partial charge in [-0.1, -0.05) is 0 Å². The number of benzene rings is 1. The quantitative estimate of drug-likeness (QED) is 0.567. The fourth-order valence-corrected chi connectivity index (χ4v) is 2.41. The molecule has 0 aliphatic carbocycles. The van der Waals surface area contributed by atoms with Crippen molar-refractivity contribution in [2.24, 2.45) is 0 Å². The number of aromatic amines is 2. The molecule has 2 aromatic heterocycles. The molecule has 112 valence electrons. The van der Waals surface area contributed by atoms with Crippen LogP contribution in [0.2, 0.25) is 0 Å². The van der Waals surface area contributed by atoms with E-state index in [0.29, 0.717) is 28.3 Å². The summed E-state index contributed by atoms with van der Waals surface area (Å²) < 4.78 is 5.32. The Bertz CT molecular complexity index is 891. The highest BCUT2D eigenvalue weighted by Gasteiger charge is 2.22. The first kappa shape index (κ1) is 14.0. The zero-order valence-electron chi connectivity index (χ0n) is 12.4. The van der Waals surface area contributed by atoms with Crippen LogP contribution in [0.15, 0.2) is 18.3 Å². The fraction of sp³-hybridized carbons (Fsp3) is 0.200. The van der Waals surface area contributed by atoms with Gasteiger partial charge in [0.05, 0.1) is 23.6 Å². The van der Waals surface area contributed by atoms with Gasteiger partial charge in [0.25, 0.3) is 0 Å². The second-order valence-electron chi connectivity index (χ2n) is 4.90. The van der Waals surface area contributed by atoms with Gasteiger partial charge in [-0.3, -0.25) is 14.7 Å². The number of aryl methyl sites for hydroxylation is 1. The van der Waals surface area contributed by atoms with Crippen LogP contribution in [0.25, 0.3) is 22.3 Å². The molecule has 7 nitrogen and oxygen atoms in total. The van der Waals surface area contributed by atoms with Gasteiger partial charge in [-0.05, 0) is 19.1 Å². The molecule has 0 saturated heterocycles. The van der Waals surface area contributed by atoms with E-state index in [1.165, 1.54) is 20.2 Å². The third-order valence-corrected chi connectivity index (χ3v) is 3.42. The molecule has 3 aromatic rings. The van der Waals surface area contributed by atoms with E-state index in [-0.39, 0.29) is 5.56 Å². The largest absolute Gasteiger partial charge is 0.496 e. The molecule has 22 heavy (non-hydrogen) atoms. The lowest BCUT2D eigenvalue weighted by molar-refractivity contribution is -0.113. The number of aromatic nitrogens is 4. The molecule has 0 aliphatic rings. The van der Waals surface area contributed by atoms with Crippen LogP contribution in [0.1, 0.15) is 23.1 Å². The van der Waals surface area contributed by atoms with E-state index in [2.05, 4.69) is 20.2 Å². The maximum Gasteiger partial charge on any atom is 0.230 e. The monoisotopic (exact) mass is 298 g/mol. The molecule has 2 N–H and O–H groups in total. The predicted molar refractivity (Wildman–Crippen MR) is 80.0 cm³/mol. The molecule has 0 aliphatic heterocycles. The topological polar surface area (TPSA) is 101 Å². The minimum absolute atomic E-state index is 0.286. The Hall–Kier alpha value is -2.96. The Balaban J connectivity index is 2.30. The molecule has 0 radical (unpaired) electrons. The fourth-order valence-electron chi connectivity index (χ4n) is 2.41. The first-order valence-corrected chi connectivity index (χ1v) is 6.65. The van der Waals surface area contributed by atoms with E-state index in [0.717, 1.165) is 5.56 Å². The third-order valence-electron chi connectivity index (χ3n) is 3.42. The summed E-state index contributed by atoms with van der Waals surface area (Å²) in [6.45, 7) is 3.05. The van der Waals surface area contributed by atoms with Gasteiger partial charge in [0.15, 0.2) is 11.6 Å². The average molecular weight is 298 g/mol. The highest BCUT2D eigenvalue weighted by molar-refractivity contribution is 6.45. The van der Waals surface area contributed by atoms with Gasteiger partial charge < -0.3 is 9.72 Å². The lowest BCUT2D eigenvalue weighted by Gasteiger charge is -2.06. The third kappa shape index (κ3) is 2.07. The van der Waals surface area contributed by atoms with E-state index >= 15 is 0 Å². The Morgan fingerprint density at radius 3 is 2.64 bits per heavy atom. The molecular weight excluding hydrogens is 284 g/mol. The summed E-state index contributed by atoms with van der Waals surface area (Å²) in [5.74, 6) is 0.617. The summed E-state index contributed by atoms with van der Waals surface area (Å²) in [5, 5.41) is 7.47. The Labute approximate surface area is 125 Å². The van der Waals surface area contributed by atoms with Crippen LogP contribution in [0.3, 0.4) is 0 Å². The Morgan fingerprint density at radius 1 is 1.27 bits per heavy atom. The average Bonchev–Trinajstić information content (AvgIpc) is 3.12. The number of ether oxygens (including phenoxy) is 1. The molecule has 0 unspecified atom stereocenters. The van der Waals surface area contributed by atoms with E-state index in [9.17, 15) is 9.59 Å². The van der Waals surface area contributed by atoms with E-state index in [1.54, 1.807) is 13.0 Å². The maximum absolute atomic E-state index is 12.1. The number of fused-ring (bicyclic) bond motifs is 1. The molecule has 0 bridgehead atoms. The van der Waals surface area contributed by atoms with Crippen molar-refractivity contribution in [3.05, 3.63) is 29.7 Å². The summed E-state index contributed by atoms with van der Waals surface area (Å²) in [5.41, 5.74) is 1.67. The van der Waals surface area contributed by atoms with Crippen LogP contribution >= 0.6 is 0 Å². The van der Waals surface area contributed by atoms with Crippen LogP contribution < -0.4 is 4.74 Å². The van der Waals surface area contributed by atoms with Crippen molar-refractivity contribution in [2.45, 2.75) is 13.8 Å². The minimum atomic E-state index is -0.562.